The highest BCUT2D eigenvalue weighted by molar-refractivity contribution is 6.02. The van der Waals surface area contributed by atoms with Crippen LogP contribution in [-0.2, 0) is 42.7 Å². The number of fused-ring (bicyclic) bond motifs is 1. The molecule has 0 saturated heterocycles. The van der Waals surface area contributed by atoms with E-state index < -0.39 is 0 Å². The lowest BCUT2D eigenvalue weighted by Crippen LogP contribution is -2.27. The van der Waals surface area contributed by atoms with E-state index in [0.29, 0.717) is 12.8 Å². The Morgan fingerprint density at radius 1 is 0.765 bits per heavy atom. The minimum Gasteiger partial charge on any atom is -0.469 e. The van der Waals surface area contributed by atoms with Crippen LogP contribution >= 0.6 is 0 Å². The molecule has 0 saturated carbocycles. The van der Waals surface area contributed by atoms with Gasteiger partial charge in [0.1, 0.15) is 0 Å². The van der Waals surface area contributed by atoms with E-state index >= 15 is 0 Å². The lowest BCUT2D eigenvalue weighted by molar-refractivity contribution is -0.141. The van der Waals surface area contributed by atoms with Gasteiger partial charge in [0.05, 0.1) is 14.2 Å². The van der Waals surface area contributed by atoms with Crippen LogP contribution in [0.25, 0.3) is 21.5 Å². The summed E-state index contributed by atoms with van der Waals surface area (Å²) in [5.41, 5.74) is 5.72. The van der Waals surface area contributed by atoms with Crippen LogP contribution in [0.5, 0.6) is 0 Å². The minimum atomic E-state index is -0.140. The topological polar surface area (TPSA) is 52.6 Å². The average molecular weight is 459 g/mol. The van der Waals surface area contributed by atoms with Gasteiger partial charge < -0.3 is 9.47 Å². The largest absolute Gasteiger partial charge is 0.469 e. The van der Waals surface area contributed by atoms with Crippen molar-refractivity contribution in [1.29, 1.82) is 0 Å². The van der Waals surface area contributed by atoms with Crippen LogP contribution in [0, 0.1) is 0 Å². The Kier molecular flexibility index (Phi) is 5.66. The van der Waals surface area contributed by atoms with Crippen LogP contribution in [0.1, 0.15) is 74.6 Å². The fourth-order valence-corrected chi connectivity index (χ4v) is 6.46. The molecule has 5 aliphatic rings. The Bertz CT molecular complexity index is 1310. The van der Waals surface area contributed by atoms with Gasteiger partial charge in [0.2, 0.25) is 0 Å². The van der Waals surface area contributed by atoms with Gasteiger partial charge in [0.25, 0.3) is 0 Å². The molecule has 0 fully saturated rings. The Hall–Kier alpha value is -2.88. The van der Waals surface area contributed by atoms with E-state index in [1.807, 2.05) is 0 Å². The van der Waals surface area contributed by atoms with Crippen LogP contribution in [0.2, 0.25) is 0 Å². The van der Waals surface area contributed by atoms with Crippen LogP contribution in [0.4, 0.5) is 0 Å². The Balaban J connectivity index is 1.58. The molecule has 2 unspecified atom stereocenters. The first kappa shape index (κ1) is 22.9. The highest BCUT2D eigenvalue weighted by Crippen LogP contribution is 2.51. The van der Waals surface area contributed by atoms with Gasteiger partial charge in [-0.1, -0.05) is 38.1 Å². The van der Waals surface area contributed by atoms with Crippen LogP contribution in [-0.4, -0.2) is 26.2 Å². The van der Waals surface area contributed by atoms with E-state index in [-0.39, 0.29) is 22.8 Å². The molecule has 0 aromatic heterocycles. The van der Waals surface area contributed by atoms with Crippen LogP contribution in [0.15, 0.2) is 36.4 Å². The fraction of sp³-hybridized carbons (Fsp3) is 0.467. The van der Waals surface area contributed by atoms with Gasteiger partial charge in [-0.3, -0.25) is 9.59 Å². The van der Waals surface area contributed by atoms with Crippen molar-refractivity contribution in [3.63, 3.8) is 0 Å². The molecule has 4 heteroatoms. The highest BCUT2D eigenvalue weighted by Gasteiger charge is 2.41. The maximum atomic E-state index is 11.8. The molecular formula is C30H34O4. The van der Waals surface area contributed by atoms with Crippen molar-refractivity contribution in [2.75, 3.05) is 14.2 Å². The molecule has 34 heavy (non-hydrogen) atoms. The van der Waals surface area contributed by atoms with Crippen molar-refractivity contribution in [3.8, 4) is 0 Å². The summed E-state index contributed by atoms with van der Waals surface area (Å²) in [6.07, 6.45) is 6.43. The first-order valence-electron chi connectivity index (χ1n) is 12.4. The number of carbonyl (C=O) groups is 2. The maximum Gasteiger partial charge on any atom is 0.305 e. The summed E-state index contributed by atoms with van der Waals surface area (Å²) in [4.78, 5) is 23.6. The molecule has 8 bridgehead atoms. The Morgan fingerprint density at radius 3 is 2.09 bits per heavy atom. The van der Waals surface area contributed by atoms with Gasteiger partial charge in [0.15, 0.2) is 0 Å². The lowest BCUT2D eigenvalue weighted by atomic mass is 9.70. The summed E-state index contributed by atoms with van der Waals surface area (Å²) < 4.78 is 9.77. The van der Waals surface area contributed by atoms with Gasteiger partial charge in [-0.2, -0.15) is 0 Å². The second-order valence-electron chi connectivity index (χ2n) is 10.9. The molecule has 0 radical (unpaired) electrons. The first-order valence-corrected chi connectivity index (χ1v) is 12.4. The molecule has 0 heterocycles. The van der Waals surface area contributed by atoms with E-state index in [0.717, 1.165) is 38.5 Å². The van der Waals surface area contributed by atoms with Gasteiger partial charge in [-0.25, -0.2) is 0 Å². The Labute approximate surface area is 201 Å². The third-order valence-corrected chi connectivity index (χ3v) is 8.48. The van der Waals surface area contributed by atoms with E-state index in [1.165, 1.54) is 58.0 Å². The second-order valence-corrected chi connectivity index (χ2v) is 10.9. The van der Waals surface area contributed by atoms with Crippen LogP contribution < -0.4 is 0 Å². The monoisotopic (exact) mass is 458 g/mol. The second kappa shape index (κ2) is 8.41. The molecule has 4 nitrogen and oxygen atoms in total. The average Bonchev–Trinajstić information content (AvgIpc) is 3.01. The summed E-state index contributed by atoms with van der Waals surface area (Å²) in [6, 6.07) is 14.0. The predicted molar refractivity (Wildman–Crippen MR) is 135 cm³/mol. The number of rotatable bonds is 8. The molecular weight excluding hydrogens is 424 g/mol. The first-order chi connectivity index (χ1) is 16.3. The predicted octanol–water partition coefficient (Wildman–Crippen LogP) is 6.31. The number of methoxy groups -OCH3 is 2. The Morgan fingerprint density at radius 2 is 1.41 bits per heavy atom. The summed E-state index contributed by atoms with van der Waals surface area (Å²) in [5.74, 6) is -0.272. The van der Waals surface area contributed by atoms with Gasteiger partial charge >= 0.3 is 11.9 Å². The number of carbonyl (C=O) groups excluding carboxylic acids is 2. The van der Waals surface area contributed by atoms with E-state index in [4.69, 9.17) is 9.47 Å². The third-order valence-electron chi connectivity index (χ3n) is 8.48. The zero-order chi connectivity index (χ0) is 24.1. The van der Waals surface area contributed by atoms with Crippen molar-refractivity contribution in [3.05, 3.63) is 58.7 Å². The van der Waals surface area contributed by atoms with E-state index in [2.05, 4.69) is 50.2 Å². The number of esters is 2. The molecule has 2 atom stereocenters. The van der Waals surface area contributed by atoms with E-state index in [1.54, 1.807) is 0 Å². The zero-order valence-corrected chi connectivity index (χ0v) is 20.8. The normalized spacial score (nSPS) is 22.5. The maximum absolute atomic E-state index is 11.8. The summed E-state index contributed by atoms with van der Waals surface area (Å²) >= 11 is 0. The van der Waals surface area contributed by atoms with Crippen LogP contribution in [0.3, 0.4) is 0 Å². The summed E-state index contributed by atoms with van der Waals surface area (Å²) in [6.45, 7) is 4.73. The number of benzene rings is 3. The zero-order valence-electron chi connectivity index (χ0n) is 20.8. The van der Waals surface area contributed by atoms with Gasteiger partial charge in [-0.15, -0.1) is 0 Å². The number of hydrogen-bond donors (Lipinski definition) is 0. The minimum absolute atomic E-state index is 0.0233. The third kappa shape index (κ3) is 3.77. The fourth-order valence-electron chi connectivity index (χ4n) is 6.46. The molecule has 0 amide bonds. The summed E-state index contributed by atoms with van der Waals surface area (Å²) in [7, 11) is 2.92. The SMILES string of the molecule is COC(=O)CCCC1(C)Cc2c3cc4cc5cc1ccc5cc4c2CC3(C)CCCC(=O)OC. The standard InChI is InChI=1S/C30H34O4/c1-29(11-5-7-27(31)33-3)18-25-24-17-30(2,12-6-8-28(32)34-4)26(25)16-21-13-20-14-22(29)10-9-19(20)15-23(21)24/h9-10,13-16H,5-8,11-12,17-18H2,1-4H3. The molecule has 8 rings (SSSR count). The smallest absolute Gasteiger partial charge is 0.305 e. The molecule has 5 aliphatic carbocycles. The molecule has 0 spiro atoms. The van der Waals surface area contributed by atoms with Crippen molar-refractivity contribution in [1.82, 2.24) is 0 Å². The van der Waals surface area contributed by atoms with Crippen molar-refractivity contribution in [2.45, 2.75) is 76.0 Å². The molecule has 178 valence electrons. The van der Waals surface area contributed by atoms with E-state index in [9.17, 15) is 9.59 Å². The molecule has 3 aromatic carbocycles. The number of ether oxygens (including phenoxy) is 2. The van der Waals surface area contributed by atoms with Gasteiger partial charge in [-0.05, 0) is 105 Å². The summed E-state index contributed by atoms with van der Waals surface area (Å²) in [5, 5.41) is 5.26. The van der Waals surface area contributed by atoms with Gasteiger partial charge in [0, 0.05) is 12.8 Å². The highest BCUT2D eigenvalue weighted by atomic mass is 16.5. The molecule has 3 aromatic rings. The number of hydrogen-bond acceptors (Lipinski definition) is 4. The van der Waals surface area contributed by atoms with Crippen molar-refractivity contribution >= 4 is 33.5 Å². The quantitative estimate of drug-likeness (QED) is 0.293. The lowest BCUT2D eigenvalue weighted by Gasteiger charge is -2.33. The molecule has 0 aliphatic heterocycles. The van der Waals surface area contributed by atoms with Crippen molar-refractivity contribution < 1.29 is 19.1 Å². The molecule has 0 N–H and O–H groups in total. The van der Waals surface area contributed by atoms with Crippen molar-refractivity contribution in [2.24, 2.45) is 0 Å².